The molecule has 1 aromatic rings. The number of aliphatic hydroxyl groups is 1. The normalized spacial score (nSPS) is 17.4. The molecule has 0 aromatic carbocycles. The van der Waals surface area contributed by atoms with Crippen LogP contribution in [0.2, 0.25) is 0 Å². The zero-order chi connectivity index (χ0) is 13.0. The minimum atomic E-state index is -0.491. The second kappa shape index (κ2) is 6.34. The number of aliphatic hydroxyl groups excluding tert-OH is 1. The third kappa shape index (κ3) is 3.56. The molecule has 1 aromatic heterocycles. The summed E-state index contributed by atoms with van der Waals surface area (Å²) in [7, 11) is 0. The molecule has 0 aliphatic heterocycles. The lowest BCUT2D eigenvalue weighted by Crippen LogP contribution is -2.29. The van der Waals surface area contributed by atoms with Crippen molar-refractivity contribution in [3.8, 4) is 0 Å². The summed E-state index contributed by atoms with van der Waals surface area (Å²) in [5.41, 5.74) is 1.36. The van der Waals surface area contributed by atoms with Crippen LogP contribution in [0.5, 0.6) is 0 Å². The van der Waals surface area contributed by atoms with E-state index in [-0.39, 0.29) is 5.91 Å². The van der Waals surface area contributed by atoms with Crippen LogP contribution in [0.25, 0.3) is 0 Å². The van der Waals surface area contributed by atoms with Gasteiger partial charge in [-0.2, -0.15) is 0 Å². The summed E-state index contributed by atoms with van der Waals surface area (Å²) in [4.78, 5) is 14.1. The third-order valence-electron chi connectivity index (χ3n) is 3.28. The predicted octanol–water partition coefficient (Wildman–Crippen LogP) is 2.52. The van der Waals surface area contributed by atoms with Crippen LogP contribution in [0, 0.1) is 0 Å². The molecule has 0 saturated heterocycles. The molecular weight excluding hydrogens is 246 g/mol. The Morgan fingerprint density at radius 3 is 2.83 bits per heavy atom. The second-order valence-corrected chi connectivity index (χ2v) is 6.17. The van der Waals surface area contributed by atoms with E-state index in [1.165, 1.54) is 36.1 Å². The summed E-state index contributed by atoms with van der Waals surface area (Å²) in [6.07, 6.45) is 6.81. The standard InChI is InChI=1S/C14H21NO2S/c1-10(16)9-15-14(17)13-8-11-6-4-2-3-5-7-12(11)18-13/h8,10,16H,2-7,9H2,1H3,(H,15,17). The number of hydrogen-bond donors (Lipinski definition) is 2. The van der Waals surface area contributed by atoms with Crippen molar-refractivity contribution < 1.29 is 9.90 Å². The van der Waals surface area contributed by atoms with Gasteiger partial charge in [-0.25, -0.2) is 0 Å². The summed E-state index contributed by atoms with van der Waals surface area (Å²) in [6.45, 7) is 2.00. The molecule has 18 heavy (non-hydrogen) atoms. The third-order valence-corrected chi connectivity index (χ3v) is 4.51. The average molecular weight is 267 g/mol. The van der Waals surface area contributed by atoms with Crippen LogP contribution < -0.4 is 5.32 Å². The molecular formula is C14H21NO2S. The van der Waals surface area contributed by atoms with Gasteiger partial charge in [0.25, 0.3) is 5.91 Å². The number of hydrogen-bond acceptors (Lipinski definition) is 3. The van der Waals surface area contributed by atoms with Gasteiger partial charge in [-0.05, 0) is 44.2 Å². The highest BCUT2D eigenvalue weighted by Crippen LogP contribution is 2.28. The van der Waals surface area contributed by atoms with E-state index in [2.05, 4.69) is 5.32 Å². The molecule has 100 valence electrons. The lowest BCUT2D eigenvalue weighted by atomic mass is 10.00. The number of thiophene rings is 1. The quantitative estimate of drug-likeness (QED) is 0.884. The van der Waals surface area contributed by atoms with Gasteiger partial charge >= 0.3 is 0 Å². The van der Waals surface area contributed by atoms with Gasteiger partial charge in [0, 0.05) is 11.4 Å². The molecule has 0 saturated carbocycles. The zero-order valence-electron chi connectivity index (χ0n) is 10.9. The van der Waals surface area contributed by atoms with Crippen LogP contribution in [-0.2, 0) is 12.8 Å². The monoisotopic (exact) mass is 267 g/mol. The van der Waals surface area contributed by atoms with Gasteiger partial charge in [0.2, 0.25) is 0 Å². The first-order valence-electron chi connectivity index (χ1n) is 6.74. The molecule has 0 bridgehead atoms. The molecule has 0 spiro atoms. The Morgan fingerprint density at radius 2 is 2.11 bits per heavy atom. The molecule has 2 rings (SSSR count). The zero-order valence-corrected chi connectivity index (χ0v) is 11.7. The van der Waals surface area contributed by atoms with E-state index in [1.54, 1.807) is 18.3 Å². The van der Waals surface area contributed by atoms with Crippen molar-refractivity contribution in [2.24, 2.45) is 0 Å². The maximum atomic E-state index is 11.9. The summed E-state index contributed by atoms with van der Waals surface area (Å²) < 4.78 is 0. The molecule has 4 heteroatoms. The van der Waals surface area contributed by atoms with Crippen molar-refractivity contribution in [1.29, 1.82) is 0 Å². The van der Waals surface area contributed by atoms with Crippen molar-refractivity contribution in [2.45, 2.75) is 51.6 Å². The summed E-state index contributed by atoms with van der Waals surface area (Å²) in [6, 6.07) is 2.04. The number of carbonyl (C=O) groups is 1. The Balaban J connectivity index is 2.05. The van der Waals surface area contributed by atoms with E-state index < -0.39 is 6.10 Å². The number of amides is 1. The average Bonchev–Trinajstić information content (AvgIpc) is 2.68. The van der Waals surface area contributed by atoms with Crippen molar-refractivity contribution in [3.05, 3.63) is 21.4 Å². The number of carbonyl (C=O) groups excluding carboxylic acids is 1. The molecule has 2 N–H and O–H groups in total. The van der Waals surface area contributed by atoms with Gasteiger partial charge in [-0.3, -0.25) is 4.79 Å². The number of aryl methyl sites for hydroxylation is 2. The smallest absolute Gasteiger partial charge is 0.261 e. The Kier molecular flexibility index (Phi) is 4.78. The fraction of sp³-hybridized carbons (Fsp3) is 0.643. The van der Waals surface area contributed by atoms with E-state index >= 15 is 0 Å². The number of nitrogens with one attached hydrogen (secondary N) is 1. The highest BCUT2D eigenvalue weighted by molar-refractivity contribution is 7.14. The van der Waals surface area contributed by atoms with E-state index in [4.69, 9.17) is 0 Å². The fourth-order valence-corrected chi connectivity index (χ4v) is 3.45. The molecule has 1 unspecified atom stereocenters. The Hall–Kier alpha value is -0.870. The summed E-state index contributed by atoms with van der Waals surface area (Å²) in [5.74, 6) is -0.0485. The minimum Gasteiger partial charge on any atom is -0.392 e. The van der Waals surface area contributed by atoms with Gasteiger partial charge < -0.3 is 10.4 Å². The van der Waals surface area contributed by atoms with Crippen molar-refractivity contribution >= 4 is 17.2 Å². The molecule has 1 aliphatic carbocycles. The van der Waals surface area contributed by atoms with Gasteiger partial charge in [0.15, 0.2) is 0 Å². The molecule has 1 aliphatic rings. The van der Waals surface area contributed by atoms with Crippen LogP contribution >= 0.6 is 11.3 Å². The largest absolute Gasteiger partial charge is 0.392 e. The first-order chi connectivity index (χ1) is 8.66. The predicted molar refractivity (Wildman–Crippen MR) is 74.2 cm³/mol. The second-order valence-electron chi connectivity index (χ2n) is 5.03. The molecule has 1 atom stereocenters. The topological polar surface area (TPSA) is 49.3 Å². The van der Waals surface area contributed by atoms with Crippen molar-refractivity contribution in [1.82, 2.24) is 5.32 Å². The highest BCUT2D eigenvalue weighted by Gasteiger charge is 2.15. The summed E-state index contributed by atoms with van der Waals surface area (Å²) in [5, 5.41) is 11.9. The first-order valence-corrected chi connectivity index (χ1v) is 7.56. The van der Waals surface area contributed by atoms with Crippen LogP contribution in [0.1, 0.15) is 52.7 Å². The fourth-order valence-electron chi connectivity index (χ4n) is 2.28. The lowest BCUT2D eigenvalue weighted by molar-refractivity contribution is 0.0928. The minimum absolute atomic E-state index is 0.0485. The molecule has 1 heterocycles. The van der Waals surface area contributed by atoms with Crippen molar-refractivity contribution in [3.63, 3.8) is 0 Å². The molecule has 3 nitrogen and oxygen atoms in total. The SMILES string of the molecule is CC(O)CNC(=O)c1cc2c(s1)CCCCCC2. The van der Waals surface area contributed by atoms with E-state index in [9.17, 15) is 9.90 Å². The Morgan fingerprint density at radius 1 is 1.39 bits per heavy atom. The van der Waals surface area contributed by atoms with Crippen molar-refractivity contribution in [2.75, 3.05) is 6.54 Å². The summed E-state index contributed by atoms with van der Waals surface area (Å²) >= 11 is 1.62. The number of fused-ring (bicyclic) bond motifs is 1. The molecule has 0 fully saturated rings. The van der Waals surface area contributed by atoms with Crippen LogP contribution in [-0.4, -0.2) is 23.7 Å². The molecule has 1 amide bonds. The van der Waals surface area contributed by atoms with Gasteiger partial charge in [0.05, 0.1) is 11.0 Å². The van der Waals surface area contributed by atoms with E-state index in [1.807, 2.05) is 6.07 Å². The van der Waals surface area contributed by atoms with E-state index in [0.29, 0.717) is 6.54 Å². The maximum Gasteiger partial charge on any atom is 0.261 e. The highest BCUT2D eigenvalue weighted by atomic mass is 32.1. The van der Waals surface area contributed by atoms with Crippen LogP contribution in [0.4, 0.5) is 0 Å². The Bertz CT molecular complexity index is 386. The van der Waals surface area contributed by atoms with E-state index in [0.717, 1.165) is 17.7 Å². The number of rotatable bonds is 3. The Labute approximate surface area is 112 Å². The van der Waals surface area contributed by atoms with Crippen LogP contribution in [0.15, 0.2) is 6.07 Å². The lowest BCUT2D eigenvalue weighted by Gasteiger charge is -2.07. The van der Waals surface area contributed by atoms with Gasteiger partial charge in [-0.15, -0.1) is 11.3 Å². The van der Waals surface area contributed by atoms with Crippen LogP contribution in [0.3, 0.4) is 0 Å². The molecule has 0 radical (unpaired) electrons. The maximum absolute atomic E-state index is 11.9. The van der Waals surface area contributed by atoms with Gasteiger partial charge in [0.1, 0.15) is 0 Å². The first kappa shape index (κ1) is 13.6. The van der Waals surface area contributed by atoms with Gasteiger partial charge in [-0.1, -0.05) is 12.8 Å².